The summed E-state index contributed by atoms with van der Waals surface area (Å²) in [6.45, 7) is 4.23. The standard InChI is InChI=1S/C19H22N2O2/c22-19(23)18(16-7-3-1-4-8-16)15-20-11-13-21(14-12-20)17-9-5-2-6-10-17/h1-10,18H,11-15H2,(H,22,23). The monoisotopic (exact) mass is 310 g/mol. The summed E-state index contributed by atoms with van der Waals surface area (Å²) in [5.41, 5.74) is 2.12. The Labute approximate surface area is 137 Å². The first-order chi connectivity index (χ1) is 11.2. The van der Waals surface area contributed by atoms with Crippen molar-refractivity contribution in [1.29, 1.82) is 0 Å². The lowest BCUT2D eigenvalue weighted by Gasteiger charge is -2.37. The van der Waals surface area contributed by atoms with Crippen molar-refractivity contribution in [3.63, 3.8) is 0 Å². The molecular formula is C19H22N2O2. The van der Waals surface area contributed by atoms with Crippen molar-refractivity contribution >= 4 is 11.7 Å². The van der Waals surface area contributed by atoms with Crippen molar-refractivity contribution in [2.75, 3.05) is 37.6 Å². The van der Waals surface area contributed by atoms with Gasteiger partial charge in [0.1, 0.15) is 0 Å². The van der Waals surface area contributed by atoms with Crippen molar-refractivity contribution < 1.29 is 9.90 Å². The van der Waals surface area contributed by atoms with E-state index >= 15 is 0 Å². The Kier molecular flexibility index (Phi) is 4.93. The van der Waals surface area contributed by atoms with Gasteiger partial charge in [0.05, 0.1) is 5.92 Å². The Balaban J connectivity index is 1.60. The van der Waals surface area contributed by atoms with Gasteiger partial charge in [0, 0.05) is 38.4 Å². The summed E-state index contributed by atoms with van der Waals surface area (Å²) in [7, 11) is 0. The lowest BCUT2D eigenvalue weighted by atomic mass is 9.98. The average Bonchev–Trinajstić information content (AvgIpc) is 2.61. The van der Waals surface area contributed by atoms with E-state index in [4.69, 9.17) is 0 Å². The van der Waals surface area contributed by atoms with Crippen LogP contribution >= 0.6 is 0 Å². The predicted octanol–water partition coefficient (Wildman–Crippen LogP) is 2.68. The molecule has 1 heterocycles. The van der Waals surface area contributed by atoms with Gasteiger partial charge in [0.15, 0.2) is 0 Å². The minimum atomic E-state index is -0.748. The summed E-state index contributed by atoms with van der Waals surface area (Å²) >= 11 is 0. The lowest BCUT2D eigenvalue weighted by molar-refractivity contribution is -0.139. The van der Waals surface area contributed by atoms with Crippen molar-refractivity contribution in [3.05, 3.63) is 66.2 Å². The van der Waals surface area contributed by atoms with Crippen molar-refractivity contribution in [3.8, 4) is 0 Å². The molecule has 1 aliphatic rings. The van der Waals surface area contributed by atoms with E-state index in [9.17, 15) is 9.90 Å². The first-order valence-electron chi connectivity index (χ1n) is 8.04. The lowest BCUT2D eigenvalue weighted by Crippen LogP contribution is -2.48. The maximum absolute atomic E-state index is 11.6. The SMILES string of the molecule is O=C(O)C(CN1CCN(c2ccccc2)CC1)c1ccccc1. The Morgan fingerprint density at radius 1 is 0.913 bits per heavy atom. The van der Waals surface area contributed by atoms with Crippen LogP contribution in [0.25, 0.3) is 0 Å². The Hall–Kier alpha value is -2.33. The molecule has 1 atom stereocenters. The molecule has 4 heteroatoms. The maximum atomic E-state index is 11.6. The number of hydrogen-bond donors (Lipinski definition) is 1. The molecular weight excluding hydrogens is 288 g/mol. The molecule has 23 heavy (non-hydrogen) atoms. The molecule has 1 saturated heterocycles. The number of rotatable bonds is 5. The number of hydrogen-bond acceptors (Lipinski definition) is 3. The molecule has 1 fully saturated rings. The zero-order valence-electron chi connectivity index (χ0n) is 13.1. The normalized spacial score (nSPS) is 17.0. The molecule has 1 aliphatic heterocycles. The molecule has 0 saturated carbocycles. The van der Waals surface area contributed by atoms with Gasteiger partial charge in [0.2, 0.25) is 0 Å². The van der Waals surface area contributed by atoms with Crippen molar-refractivity contribution in [2.45, 2.75) is 5.92 Å². The van der Waals surface area contributed by atoms with Gasteiger partial charge in [-0.05, 0) is 17.7 Å². The topological polar surface area (TPSA) is 43.8 Å². The van der Waals surface area contributed by atoms with Crippen LogP contribution in [-0.4, -0.2) is 48.7 Å². The quantitative estimate of drug-likeness (QED) is 0.922. The van der Waals surface area contributed by atoms with Crippen LogP contribution in [0.5, 0.6) is 0 Å². The first-order valence-corrected chi connectivity index (χ1v) is 8.04. The molecule has 120 valence electrons. The summed E-state index contributed by atoms with van der Waals surface area (Å²) in [6, 6.07) is 19.9. The van der Waals surface area contributed by atoms with Crippen molar-refractivity contribution in [1.82, 2.24) is 4.90 Å². The van der Waals surface area contributed by atoms with Crippen LogP contribution in [0.15, 0.2) is 60.7 Å². The highest BCUT2D eigenvalue weighted by Gasteiger charge is 2.25. The minimum absolute atomic E-state index is 0.459. The van der Waals surface area contributed by atoms with E-state index in [2.05, 4.69) is 34.1 Å². The zero-order chi connectivity index (χ0) is 16.1. The number of carboxylic acids is 1. The maximum Gasteiger partial charge on any atom is 0.312 e. The second kappa shape index (κ2) is 7.29. The van der Waals surface area contributed by atoms with E-state index in [0.29, 0.717) is 6.54 Å². The highest BCUT2D eigenvalue weighted by Crippen LogP contribution is 2.20. The number of anilines is 1. The van der Waals surface area contributed by atoms with Gasteiger partial charge >= 0.3 is 5.97 Å². The summed E-state index contributed by atoms with van der Waals surface area (Å²) in [6.07, 6.45) is 0. The first kappa shape index (κ1) is 15.6. The van der Waals surface area contributed by atoms with Crippen LogP contribution in [0.2, 0.25) is 0 Å². The average molecular weight is 310 g/mol. The summed E-state index contributed by atoms with van der Waals surface area (Å²) in [4.78, 5) is 16.2. The fraction of sp³-hybridized carbons (Fsp3) is 0.316. The number of aliphatic carboxylic acids is 1. The number of benzene rings is 2. The van der Waals surface area contributed by atoms with E-state index in [1.165, 1.54) is 5.69 Å². The molecule has 0 amide bonds. The molecule has 1 N–H and O–H groups in total. The molecule has 4 nitrogen and oxygen atoms in total. The van der Waals surface area contributed by atoms with Gasteiger partial charge in [-0.2, -0.15) is 0 Å². The van der Waals surface area contributed by atoms with Gasteiger partial charge in [-0.15, -0.1) is 0 Å². The summed E-state index contributed by atoms with van der Waals surface area (Å²) in [5, 5.41) is 9.55. The van der Waals surface area contributed by atoms with E-state index in [-0.39, 0.29) is 0 Å². The predicted molar refractivity (Wildman–Crippen MR) is 91.9 cm³/mol. The Bertz CT molecular complexity index is 622. The molecule has 1 unspecified atom stereocenters. The smallest absolute Gasteiger partial charge is 0.312 e. The van der Waals surface area contributed by atoms with Crippen LogP contribution in [0.4, 0.5) is 5.69 Å². The molecule has 2 aromatic rings. The molecule has 0 spiro atoms. The zero-order valence-corrected chi connectivity index (χ0v) is 13.1. The molecule has 0 aliphatic carbocycles. The molecule has 3 rings (SSSR count). The highest BCUT2D eigenvalue weighted by atomic mass is 16.4. The number of piperazine rings is 1. The number of para-hydroxylation sites is 1. The fourth-order valence-electron chi connectivity index (χ4n) is 3.10. The van der Waals surface area contributed by atoms with E-state index < -0.39 is 11.9 Å². The summed E-state index contributed by atoms with van der Waals surface area (Å²) in [5.74, 6) is -1.21. The Morgan fingerprint density at radius 3 is 2.04 bits per heavy atom. The van der Waals surface area contributed by atoms with Crippen LogP contribution in [0.3, 0.4) is 0 Å². The molecule has 0 bridgehead atoms. The molecule has 0 radical (unpaired) electrons. The number of nitrogens with zero attached hydrogens (tertiary/aromatic N) is 2. The van der Waals surface area contributed by atoms with Gasteiger partial charge in [-0.3, -0.25) is 9.69 Å². The van der Waals surface area contributed by atoms with Crippen LogP contribution in [-0.2, 0) is 4.79 Å². The number of carbonyl (C=O) groups is 1. The van der Waals surface area contributed by atoms with Crippen LogP contribution in [0, 0.1) is 0 Å². The second-order valence-corrected chi connectivity index (χ2v) is 5.92. The van der Waals surface area contributed by atoms with Gasteiger partial charge in [-0.25, -0.2) is 0 Å². The summed E-state index contributed by atoms with van der Waals surface area (Å²) < 4.78 is 0. The third-order valence-electron chi connectivity index (χ3n) is 4.43. The number of carboxylic acid groups (broad SMARTS) is 1. The van der Waals surface area contributed by atoms with Gasteiger partial charge in [0.25, 0.3) is 0 Å². The molecule has 2 aromatic carbocycles. The highest BCUT2D eigenvalue weighted by molar-refractivity contribution is 5.76. The Morgan fingerprint density at radius 2 is 1.48 bits per heavy atom. The van der Waals surface area contributed by atoms with Gasteiger partial charge in [-0.1, -0.05) is 48.5 Å². The largest absolute Gasteiger partial charge is 0.481 e. The van der Waals surface area contributed by atoms with Crippen LogP contribution < -0.4 is 4.90 Å². The fourth-order valence-corrected chi connectivity index (χ4v) is 3.10. The minimum Gasteiger partial charge on any atom is -0.481 e. The van der Waals surface area contributed by atoms with E-state index in [1.807, 2.05) is 36.4 Å². The van der Waals surface area contributed by atoms with Crippen molar-refractivity contribution in [2.24, 2.45) is 0 Å². The van der Waals surface area contributed by atoms with Crippen LogP contribution in [0.1, 0.15) is 11.5 Å². The second-order valence-electron chi connectivity index (χ2n) is 5.92. The van der Waals surface area contributed by atoms with E-state index in [0.717, 1.165) is 31.7 Å². The van der Waals surface area contributed by atoms with Gasteiger partial charge < -0.3 is 10.0 Å². The molecule has 0 aromatic heterocycles. The van der Waals surface area contributed by atoms with E-state index in [1.54, 1.807) is 0 Å². The third-order valence-corrected chi connectivity index (χ3v) is 4.43. The third kappa shape index (κ3) is 3.90.